The molecule has 0 saturated heterocycles. The first-order valence-corrected chi connectivity index (χ1v) is 6.30. The zero-order chi connectivity index (χ0) is 12.8. The Morgan fingerprint density at radius 1 is 1.11 bits per heavy atom. The number of pyridine rings is 1. The Morgan fingerprint density at radius 3 is 2.83 bits per heavy atom. The Labute approximate surface area is 107 Å². The summed E-state index contributed by atoms with van der Waals surface area (Å²) in [6, 6.07) is 5.84. The molecule has 0 fully saturated rings. The lowest BCUT2D eigenvalue weighted by Crippen LogP contribution is -2.03. The summed E-state index contributed by atoms with van der Waals surface area (Å²) in [6.45, 7) is 1.17. The number of anilines is 2. The molecule has 0 aliphatic heterocycles. The Morgan fingerprint density at radius 2 is 2.00 bits per heavy atom. The van der Waals surface area contributed by atoms with Gasteiger partial charge in [0.05, 0.1) is 0 Å². The van der Waals surface area contributed by atoms with Gasteiger partial charge in [-0.3, -0.25) is 4.98 Å². The van der Waals surface area contributed by atoms with Crippen molar-refractivity contribution in [3.05, 3.63) is 30.6 Å². The monoisotopic (exact) mass is 245 g/mol. The summed E-state index contributed by atoms with van der Waals surface area (Å²) in [6.07, 6.45) is 6.54. The van der Waals surface area contributed by atoms with Gasteiger partial charge in [-0.15, -0.1) is 0 Å². The summed E-state index contributed by atoms with van der Waals surface area (Å²) in [4.78, 5) is 4.14. The molecule has 2 rings (SSSR count). The summed E-state index contributed by atoms with van der Waals surface area (Å²) in [5, 5.41) is 14.2. The molecule has 0 aliphatic carbocycles. The van der Waals surface area contributed by atoms with E-state index in [1.807, 2.05) is 24.4 Å². The molecule has 0 spiro atoms. The van der Waals surface area contributed by atoms with Crippen LogP contribution in [0.1, 0.15) is 19.3 Å². The summed E-state index contributed by atoms with van der Waals surface area (Å²) >= 11 is 0. The van der Waals surface area contributed by atoms with Crippen LogP contribution in [0.2, 0.25) is 0 Å². The highest BCUT2D eigenvalue weighted by atomic mass is 16.2. The molecule has 96 valence electrons. The van der Waals surface area contributed by atoms with Crippen molar-refractivity contribution in [3.8, 4) is 0 Å². The number of nitrogens with zero attached hydrogens (tertiary/aromatic N) is 1. The zero-order valence-electron chi connectivity index (χ0n) is 10.4. The third kappa shape index (κ3) is 2.90. The molecule has 18 heavy (non-hydrogen) atoms. The molecule has 0 saturated carbocycles. The fourth-order valence-electron chi connectivity index (χ4n) is 2.00. The van der Waals surface area contributed by atoms with E-state index in [1.165, 1.54) is 0 Å². The molecule has 1 heterocycles. The van der Waals surface area contributed by atoms with Crippen molar-refractivity contribution in [1.29, 1.82) is 0 Å². The van der Waals surface area contributed by atoms with E-state index in [2.05, 4.69) is 10.3 Å². The molecule has 4 nitrogen and oxygen atoms in total. The highest BCUT2D eigenvalue weighted by molar-refractivity contribution is 6.00. The van der Waals surface area contributed by atoms with Crippen molar-refractivity contribution < 1.29 is 5.11 Å². The van der Waals surface area contributed by atoms with Crippen LogP contribution in [0.4, 0.5) is 11.4 Å². The smallest absolute Gasteiger partial charge is 0.0437 e. The number of unbranched alkanes of at least 4 members (excludes halogenated alkanes) is 2. The second kappa shape index (κ2) is 6.21. The molecule has 0 unspecified atom stereocenters. The lowest BCUT2D eigenvalue weighted by Gasteiger charge is -2.10. The van der Waals surface area contributed by atoms with Crippen molar-refractivity contribution in [2.24, 2.45) is 0 Å². The third-order valence-corrected chi connectivity index (χ3v) is 3.00. The van der Waals surface area contributed by atoms with E-state index in [9.17, 15) is 0 Å². The van der Waals surface area contributed by atoms with Crippen molar-refractivity contribution in [2.75, 3.05) is 24.2 Å². The quantitative estimate of drug-likeness (QED) is 0.540. The van der Waals surface area contributed by atoms with Crippen LogP contribution in [0.15, 0.2) is 30.6 Å². The Kier molecular flexibility index (Phi) is 4.36. The standard InChI is InChI=1S/C14H19N3O/c15-13-4-5-14(17-7-2-1-3-9-18)12-10-16-8-6-11(12)13/h4-6,8,10,17-18H,1-3,7,9,15H2. The summed E-state index contributed by atoms with van der Waals surface area (Å²) in [5.41, 5.74) is 7.78. The van der Waals surface area contributed by atoms with Crippen LogP contribution in [-0.2, 0) is 0 Å². The van der Waals surface area contributed by atoms with Gasteiger partial charge in [-0.25, -0.2) is 0 Å². The number of aliphatic hydroxyl groups is 1. The number of hydrogen-bond acceptors (Lipinski definition) is 4. The molecule has 0 aliphatic rings. The normalized spacial score (nSPS) is 10.7. The van der Waals surface area contributed by atoms with Crippen LogP contribution in [0.25, 0.3) is 10.8 Å². The average molecular weight is 245 g/mol. The maximum absolute atomic E-state index is 8.71. The van der Waals surface area contributed by atoms with Gasteiger partial charge in [-0.1, -0.05) is 0 Å². The van der Waals surface area contributed by atoms with Crippen molar-refractivity contribution in [1.82, 2.24) is 4.98 Å². The fraction of sp³-hybridized carbons (Fsp3) is 0.357. The van der Waals surface area contributed by atoms with E-state index in [0.717, 1.165) is 48.0 Å². The largest absolute Gasteiger partial charge is 0.398 e. The molecule has 2 aromatic rings. The minimum atomic E-state index is 0.273. The van der Waals surface area contributed by atoms with E-state index in [-0.39, 0.29) is 6.61 Å². The molecule has 0 bridgehead atoms. The van der Waals surface area contributed by atoms with E-state index < -0.39 is 0 Å². The number of benzene rings is 1. The van der Waals surface area contributed by atoms with Crippen LogP contribution >= 0.6 is 0 Å². The second-order valence-corrected chi connectivity index (χ2v) is 4.33. The number of fused-ring (bicyclic) bond motifs is 1. The van der Waals surface area contributed by atoms with Gasteiger partial charge in [0.25, 0.3) is 0 Å². The maximum Gasteiger partial charge on any atom is 0.0437 e. The van der Waals surface area contributed by atoms with E-state index in [0.29, 0.717) is 0 Å². The van der Waals surface area contributed by atoms with Crippen LogP contribution in [0.3, 0.4) is 0 Å². The molecule has 0 amide bonds. The van der Waals surface area contributed by atoms with Crippen LogP contribution in [0, 0.1) is 0 Å². The molecule has 4 heteroatoms. The summed E-state index contributed by atoms with van der Waals surface area (Å²) in [7, 11) is 0. The topological polar surface area (TPSA) is 71.2 Å². The fourth-order valence-corrected chi connectivity index (χ4v) is 2.00. The first kappa shape index (κ1) is 12.6. The number of nitrogens with two attached hydrogens (primary N) is 1. The number of nitrogen functional groups attached to an aromatic ring is 1. The third-order valence-electron chi connectivity index (χ3n) is 3.00. The number of hydrogen-bond donors (Lipinski definition) is 3. The van der Waals surface area contributed by atoms with Gasteiger partial charge in [0.2, 0.25) is 0 Å². The van der Waals surface area contributed by atoms with E-state index in [4.69, 9.17) is 10.8 Å². The molecular formula is C14H19N3O. The Bertz CT molecular complexity index is 513. The predicted molar refractivity (Wildman–Crippen MR) is 75.6 cm³/mol. The molecule has 4 N–H and O–H groups in total. The Balaban J connectivity index is 2.07. The van der Waals surface area contributed by atoms with Gasteiger partial charge in [-0.2, -0.15) is 0 Å². The number of rotatable bonds is 6. The van der Waals surface area contributed by atoms with Crippen LogP contribution in [0.5, 0.6) is 0 Å². The van der Waals surface area contributed by atoms with Gasteiger partial charge in [0.15, 0.2) is 0 Å². The maximum atomic E-state index is 8.71. The average Bonchev–Trinajstić information content (AvgIpc) is 2.41. The highest BCUT2D eigenvalue weighted by Gasteiger charge is 2.03. The summed E-state index contributed by atoms with van der Waals surface area (Å²) < 4.78 is 0. The van der Waals surface area contributed by atoms with Gasteiger partial charge in [0, 0.05) is 47.7 Å². The predicted octanol–water partition coefficient (Wildman–Crippen LogP) is 2.39. The second-order valence-electron chi connectivity index (χ2n) is 4.33. The first-order valence-electron chi connectivity index (χ1n) is 6.30. The van der Waals surface area contributed by atoms with Crippen molar-refractivity contribution in [3.63, 3.8) is 0 Å². The highest BCUT2D eigenvalue weighted by Crippen LogP contribution is 2.27. The molecule has 1 aromatic carbocycles. The van der Waals surface area contributed by atoms with Crippen molar-refractivity contribution in [2.45, 2.75) is 19.3 Å². The lowest BCUT2D eigenvalue weighted by atomic mass is 10.1. The molecule has 0 radical (unpaired) electrons. The van der Waals surface area contributed by atoms with Gasteiger partial charge in [-0.05, 0) is 37.5 Å². The van der Waals surface area contributed by atoms with Crippen molar-refractivity contribution >= 4 is 22.1 Å². The minimum absolute atomic E-state index is 0.273. The Hall–Kier alpha value is -1.81. The van der Waals surface area contributed by atoms with Crippen LogP contribution < -0.4 is 11.1 Å². The molecular weight excluding hydrogens is 226 g/mol. The zero-order valence-corrected chi connectivity index (χ0v) is 10.4. The molecule has 0 atom stereocenters. The SMILES string of the molecule is Nc1ccc(NCCCCCO)c2cnccc12. The summed E-state index contributed by atoms with van der Waals surface area (Å²) in [5.74, 6) is 0. The molecule has 1 aromatic heterocycles. The first-order chi connectivity index (χ1) is 8.83. The number of nitrogens with one attached hydrogen (secondary N) is 1. The van der Waals surface area contributed by atoms with E-state index in [1.54, 1.807) is 6.20 Å². The van der Waals surface area contributed by atoms with E-state index >= 15 is 0 Å². The lowest BCUT2D eigenvalue weighted by molar-refractivity contribution is 0.283. The van der Waals surface area contributed by atoms with Gasteiger partial charge in [0.1, 0.15) is 0 Å². The number of aromatic nitrogens is 1. The number of aliphatic hydroxyl groups excluding tert-OH is 1. The minimum Gasteiger partial charge on any atom is -0.398 e. The van der Waals surface area contributed by atoms with Crippen LogP contribution in [-0.4, -0.2) is 23.2 Å². The van der Waals surface area contributed by atoms with Gasteiger partial charge >= 0.3 is 0 Å². The van der Waals surface area contributed by atoms with Gasteiger partial charge < -0.3 is 16.2 Å².